The van der Waals surface area contributed by atoms with Gasteiger partial charge in [-0.1, -0.05) is 6.92 Å². The van der Waals surface area contributed by atoms with E-state index in [9.17, 15) is 0 Å². The molecule has 0 amide bonds. The average molecular weight is 365 g/mol. The number of aryl methyl sites for hydroxylation is 1. The van der Waals surface area contributed by atoms with Gasteiger partial charge in [0.25, 0.3) is 0 Å². The predicted octanol–water partition coefficient (Wildman–Crippen LogP) is 2.02. The lowest BCUT2D eigenvalue weighted by atomic mass is 10.3. The number of nitrogens with one attached hydrogen (secondary N) is 1. The number of aliphatic imine (C=N–C) groups is 1. The molecule has 2 heterocycles. The van der Waals surface area contributed by atoms with Gasteiger partial charge in [0.05, 0.1) is 0 Å². The monoisotopic (exact) mass is 364 g/mol. The van der Waals surface area contributed by atoms with Crippen molar-refractivity contribution in [3.05, 3.63) is 34.5 Å². The molecule has 0 saturated carbocycles. The van der Waals surface area contributed by atoms with Crippen molar-refractivity contribution < 1.29 is 4.74 Å². The second kappa shape index (κ2) is 10.8. The fraction of sp³-hybridized carbons (Fsp3) is 0.588. The molecule has 0 saturated heterocycles. The first-order chi connectivity index (χ1) is 12.2. The Morgan fingerprint density at radius 2 is 2.36 bits per heavy atom. The van der Waals surface area contributed by atoms with E-state index in [1.807, 2.05) is 0 Å². The summed E-state index contributed by atoms with van der Waals surface area (Å²) in [5.41, 5.74) is 1.30. The molecular formula is C17H28N6OS. The van der Waals surface area contributed by atoms with Gasteiger partial charge in [0.2, 0.25) is 0 Å². The number of nitrogens with zero attached hydrogens (tertiary/aromatic N) is 5. The average Bonchev–Trinajstić information content (AvgIpc) is 3.28. The Hall–Kier alpha value is -1.93. The highest BCUT2D eigenvalue weighted by Gasteiger charge is 2.08. The number of hydrogen-bond donors (Lipinski definition) is 1. The van der Waals surface area contributed by atoms with Gasteiger partial charge in [0.15, 0.2) is 5.96 Å². The van der Waals surface area contributed by atoms with Gasteiger partial charge in [-0.2, -0.15) is 11.3 Å². The summed E-state index contributed by atoms with van der Waals surface area (Å²) in [6.07, 6.45) is 3.58. The highest BCUT2D eigenvalue weighted by atomic mass is 32.1. The minimum Gasteiger partial charge on any atom is -0.385 e. The van der Waals surface area contributed by atoms with E-state index in [0.29, 0.717) is 0 Å². The van der Waals surface area contributed by atoms with Crippen LogP contribution >= 0.6 is 11.3 Å². The molecule has 0 aliphatic rings. The van der Waals surface area contributed by atoms with E-state index in [4.69, 9.17) is 9.73 Å². The van der Waals surface area contributed by atoms with Crippen LogP contribution in [0.15, 0.2) is 28.1 Å². The molecule has 0 radical (unpaired) electrons. The lowest BCUT2D eigenvalue weighted by molar-refractivity contribution is 0.197. The largest absolute Gasteiger partial charge is 0.385 e. The van der Waals surface area contributed by atoms with Gasteiger partial charge in [-0.3, -0.25) is 4.99 Å². The Bertz CT molecular complexity index is 625. The minimum atomic E-state index is 0.728. The Morgan fingerprint density at radius 1 is 1.48 bits per heavy atom. The molecule has 0 fully saturated rings. The summed E-state index contributed by atoms with van der Waals surface area (Å²) in [6, 6.07) is 2.15. The van der Waals surface area contributed by atoms with E-state index < -0.39 is 0 Å². The zero-order valence-electron chi connectivity index (χ0n) is 15.3. The van der Waals surface area contributed by atoms with Crippen LogP contribution in [0.1, 0.15) is 24.7 Å². The molecule has 0 bridgehead atoms. The summed E-state index contributed by atoms with van der Waals surface area (Å²) in [4.78, 5) is 6.87. The summed E-state index contributed by atoms with van der Waals surface area (Å²) < 4.78 is 7.18. The van der Waals surface area contributed by atoms with Crippen molar-refractivity contribution in [1.29, 1.82) is 0 Å². The molecule has 2 rings (SSSR count). The fourth-order valence-electron chi connectivity index (χ4n) is 2.46. The third-order valence-electron chi connectivity index (χ3n) is 3.78. The topological polar surface area (TPSA) is 67.6 Å². The van der Waals surface area contributed by atoms with Gasteiger partial charge in [-0.05, 0) is 28.8 Å². The van der Waals surface area contributed by atoms with Gasteiger partial charge in [-0.15, -0.1) is 10.2 Å². The minimum absolute atomic E-state index is 0.728. The van der Waals surface area contributed by atoms with Crippen LogP contribution in [0.4, 0.5) is 0 Å². The van der Waals surface area contributed by atoms with Crippen LogP contribution in [0.3, 0.4) is 0 Å². The van der Waals surface area contributed by atoms with E-state index >= 15 is 0 Å². The maximum absolute atomic E-state index is 5.11. The molecule has 0 spiro atoms. The molecule has 1 N–H and O–H groups in total. The number of ether oxygens (including phenoxy) is 1. The molecule has 0 aliphatic carbocycles. The van der Waals surface area contributed by atoms with E-state index in [0.717, 1.165) is 57.4 Å². The number of hydrogen-bond acceptors (Lipinski definition) is 5. The van der Waals surface area contributed by atoms with Gasteiger partial charge in [0, 0.05) is 53.4 Å². The number of thiophene rings is 1. The second-order valence-electron chi connectivity index (χ2n) is 5.76. The SMILES string of the molecule is CCc1nncn1CCNC(=NCCCOC)N(C)Cc1ccsc1. The van der Waals surface area contributed by atoms with Crippen molar-refractivity contribution in [2.24, 2.45) is 4.99 Å². The molecule has 0 aliphatic heterocycles. The number of guanidine groups is 1. The van der Waals surface area contributed by atoms with Crippen molar-refractivity contribution in [1.82, 2.24) is 25.0 Å². The van der Waals surface area contributed by atoms with E-state index in [2.05, 4.69) is 55.8 Å². The maximum atomic E-state index is 5.11. The van der Waals surface area contributed by atoms with E-state index in [-0.39, 0.29) is 0 Å². The smallest absolute Gasteiger partial charge is 0.194 e. The molecule has 0 unspecified atom stereocenters. The van der Waals surface area contributed by atoms with Crippen molar-refractivity contribution in [3.63, 3.8) is 0 Å². The Morgan fingerprint density at radius 3 is 3.08 bits per heavy atom. The van der Waals surface area contributed by atoms with Crippen molar-refractivity contribution in [2.75, 3.05) is 33.9 Å². The van der Waals surface area contributed by atoms with Crippen molar-refractivity contribution in [3.8, 4) is 0 Å². The van der Waals surface area contributed by atoms with E-state index in [1.165, 1.54) is 5.56 Å². The summed E-state index contributed by atoms with van der Waals surface area (Å²) >= 11 is 1.72. The number of aromatic nitrogens is 3. The molecule has 0 aromatic carbocycles. The number of methoxy groups -OCH3 is 1. The quantitative estimate of drug-likeness (QED) is 0.397. The lowest BCUT2D eigenvalue weighted by Gasteiger charge is -2.22. The van der Waals surface area contributed by atoms with Gasteiger partial charge in [0.1, 0.15) is 12.2 Å². The Kier molecular flexibility index (Phi) is 8.41. The highest BCUT2D eigenvalue weighted by Crippen LogP contribution is 2.08. The fourth-order valence-corrected chi connectivity index (χ4v) is 3.12. The summed E-state index contributed by atoms with van der Waals surface area (Å²) in [6.45, 7) is 6.00. The lowest BCUT2D eigenvalue weighted by Crippen LogP contribution is -2.40. The van der Waals surface area contributed by atoms with Crippen LogP contribution in [0, 0.1) is 0 Å². The Labute approximate surface area is 153 Å². The van der Waals surface area contributed by atoms with Crippen LogP contribution in [-0.4, -0.2) is 59.5 Å². The zero-order valence-corrected chi connectivity index (χ0v) is 16.1. The third kappa shape index (κ3) is 6.47. The van der Waals surface area contributed by atoms with Gasteiger partial charge in [-0.25, -0.2) is 0 Å². The first kappa shape index (κ1) is 19.4. The number of rotatable bonds is 10. The van der Waals surface area contributed by atoms with Crippen LogP contribution in [0.5, 0.6) is 0 Å². The summed E-state index contributed by atoms with van der Waals surface area (Å²) in [5.74, 6) is 1.92. The first-order valence-corrected chi connectivity index (χ1v) is 9.55. The molecule has 7 nitrogen and oxygen atoms in total. The molecule has 2 aromatic rings. The first-order valence-electron chi connectivity index (χ1n) is 8.60. The molecular weight excluding hydrogens is 336 g/mol. The zero-order chi connectivity index (χ0) is 17.9. The molecule has 138 valence electrons. The Balaban J connectivity index is 1.90. The summed E-state index contributed by atoms with van der Waals surface area (Å²) in [5, 5.41) is 15.8. The standard InChI is InChI=1S/C17H28N6OS/c1-4-16-21-20-14-23(16)9-8-19-17(18-7-5-10-24-3)22(2)12-15-6-11-25-13-15/h6,11,13-14H,4-5,7-10,12H2,1-3H3,(H,18,19). The van der Waals surface area contributed by atoms with Crippen LogP contribution in [0.2, 0.25) is 0 Å². The van der Waals surface area contributed by atoms with Crippen molar-refractivity contribution in [2.45, 2.75) is 32.9 Å². The summed E-state index contributed by atoms with van der Waals surface area (Å²) in [7, 11) is 3.78. The normalized spacial score (nSPS) is 11.7. The maximum Gasteiger partial charge on any atom is 0.194 e. The molecule has 25 heavy (non-hydrogen) atoms. The highest BCUT2D eigenvalue weighted by molar-refractivity contribution is 7.07. The molecule has 8 heteroatoms. The van der Waals surface area contributed by atoms with Gasteiger partial charge < -0.3 is 19.5 Å². The predicted molar refractivity (Wildman–Crippen MR) is 102 cm³/mol. The van der Waals surface area contributed by atoms with E-state index in [1.54, 1.807) is 24.8 Å². The van der Waals surface area contributed by atoms with Gasteiger partial charge >= 0.3 is 0 Å². The van der Waals surface area contributed by atoms with Crippen molar-refractivity contribution >= 4 is 17.3 Å². The molecule has 2 aromatic heterocycles. The van der Waals surface area contributed by atoms with Crippen LogP contribution in [-0.2, 0) is 24.2 Å². The second-order valence-corrected chi connectivity index (χ2v) is 6.54. The van der Waals surface area contributed by atoms with Crippen LogP contribution in [0.25, 0.3) is 0 Å². The molecule has 0 atom stereocenters. The third-order valence-corrected chi connectivity index (χ3v) is 4.51. The van der Waals surface area contributed by atoms with Crippen LogP contribution < -0.4 is 5.32 Å².